The van der Waals surface area contributed by atoms with Gasteiger partial charge in [0.1, 0.15) is 11.5 Å². The number of halogens is 4. The fourth-order valence-corrected chi connectivity index (χ4v) is 2.07. The first-order valence-electron chi connectivity index (χ1n) is 7.79. The second-order valence-electron chi connectivity index (χ2n) is 5.28. The number of nitrogens with zero attached hydrogens (tertiary/aromatic N) is 1. The molecule has 0 amide bonds. The SMILES string of the molecule is CN=C(NCCC(F)(F)F)NCc1cccc(Oc2ccccc2)c1.I. The Bertz CT molecular complexity index is 694. The summed E-state index contributed by atoms with van der Waals surface area (Å²) in [7, 11) is 1.51. The van der Waals surface area contributed by atoms with Crippen molar-refractivity contribution in [1.82, 2.24) is 10.6 Å². The summed E-state index contributed by atoms with van der Waals surface area (Å²) in [5.74, 6) is 1.74. The summed E-state index contributed by atoms with van der Waals surface area (Å²) in [6, 6.07) is 16.9. The standard InChI is InChI=1S/C18H20F3N3O.HI/c1-22-17(23-11-10-18(19,20)21)24-13-14-6-5-9-16(12-14)25-15-7-3-2-4-8-15;/h2-9,12H,10-11,13H2,1H3,(H2,22,23,24);1H. The third kappa shape index (κ3) is 8.41. The Morgan fingerprint density at radius 1 is 1.00 bits per heavy atom. The highest BCUT2D eigenvalue weighted by molar-refractivity contribution is 14.0. The van der Waals surface area contributed by atoms with Crippen molar-refractivity contribution in [2.45, 2.75) is 19.1 Å². The van der Waals surface area contributed by atoms with Crippen molar-refractivity contribution in [3.63, 3.8) is 0 Å². The highest BCUT2D eigenvalue weighted by Crippen LogP contribution is 2.21. The number of nitrogens with one attached hydrogen (secondary N) is 2. The van der Waals surface area contributed by atoms with Gasteiger partial charge >= 0.3 is 6.18 Å². The van der Waals surface area contributed by atoms with E-state index in [1.54, 1.807) is 0 Å². The van der Waals surface area contributed by atoms with Crippen LogP contribution in [0.1, 0.15) is 12.0 Å². The molecule has 0 unspecified atom stereocenters. The molecule has 0 spiro atoms. The summed E-state index contributed by atoms with van der Waals surface area (Å²) in [5.41, 5.74) is 0.923. The predicted molar refractivity (Wildman–Crippen MR) is 107 cm³/mol. The molecule has 0 saturated carbocycles. The van der Waals surface area contributed by atoms with E-state index >= 15 is 0 Å². The minimum absolute atomic E-state index is 0. The summed E-state index contributed by atoms with van der Waals surface area (Å²) in [5, 5.41) is 5.62. The lowest BCUT2D eigenvalue weighted by Crippen LogP contribution is -2.38. The molecule has 0 aliphatic carbocycles. The van der Waals surface area contributed by atoms with Gasteiger partial charge in [-0.25, -0.2) is 0 Å². The normalized spacial score (nSPS) is 11.5. The molecular weight excluding hydrogens is 458 g/mol. The van der Waals surface area contributed by atoms with E-state index in [0.29, 0.717) is 18.3 Å². The van der Waals surface area contributed by atoms with Crippen LogP contribution in [0, 0.1) is 0 Å². The van der Waals surface area contributed by atoms with Crippen molar-refractivity contribution >= 4 is 29.9 Å². The highest BCUT2D eigenvalue weighted by atomic mass is 127. The molecule has 2 aromatic rings. The zero-order valence-electron chi connectivity index (χ0n) is 14.2. The van der Waals surface area contributed by atoms with Crippen LogP contribution >= 0.6 is 24.0 Å². The summed E-state index contributed by atoms with van der Waals surface area (Å²) >= 11 is 0. The topological polar surface area (TPSA) is 45.7 Å². The quantitative estimate of drug-likeness (QED) is 0.359. The number of hydrogen-bond donors (Lipinski definition) is 2. The molecule has 0 saturated heterocycles. The fraction of sp³-hybridized carbons (Fsp3) is 0.278. The first-order chi connectivity index (χ1) is 12.0. The lowest BCUT2D eigenvalue weighted by molar-refractivity contribution is -0.132. The maximum Gasteiger partial charge on any atom is 0.390 e. The van der Waals surface area contributed by atoms with Crippen molar-refractivity contribution in [3.8, 4) is 11.5 Å². The largest absolute Gasteiger partial charge is 0.457 e. The Morgan fingerprint density at radius 2 is 1.69 bits per heavy atom. The lowest BCUT2D eigenvalue weighted by atomic mass is 10.2. The number of benzene rings is 2. The van der Waals surface area contributed by atoms with Crippen molar-refractivity contribution in [2.24, 2.45) is 4.99 Å². The highest BCUT2D eigenvalue weighted by Gasteiger charge is 2.26. The average molecular weight is 479 g/mol. The van der Waals surface area contributed by atoms with Crippen LogP contribution in [-0.2, 0) is 6.54 Å². The van der Waals surface area contributed by atoms with Gasteiger partial charge in [-0.15, -0.1) is 24.0 Å². The van der Waals surface area contributed by atoms with Gasteiger partial charge in [-0.2, -0.15) is 13.2 Å². The van der Waals surface area contributed by atoms with Crippen LogP contribution in [-0.4, -0.2) is 25.7 Å². The first-order valence-corrected chi connectivity index (χ1v) is 7.79. The smallest absolute Gasteiger partial charge is 0.390 e. The molecule has 0 aliphatic heterocycles. The van der Waals surface area contributed by atoms with Crippen molar-refractivity contribution in [3.05, 3.63) is 60.2 Å². The van der Waals surface area contributed by atoms with E-state index in [2.05, 4.69) is 15.6 Å². The molecule has 8 heteroatoms. The van der Waals surface area contributed by atoms with E-state index in [1.165, 1.54) is 7.05 Å². The zero-order valence-corrected chi connectivity index (χ0v) is 16.5. The van der Waals surface area contributed by atoms with Crippen molar-refractivity contribution in [2.75, 3.05) is 13.6 Å². The monoisotopic (exact) mass is 479 g/mol. The van der Waals surface area contributed by atoms with Gasteiger partial charge in [0.05, 0.1) is 6.42 Å². The third-order valence-electron chi connectivity index (χ3n) is 3.26. The Hall–Kier alpha value is -1.97. The van der Waals surface area contributed by atoms with Gasteiger partial charge in [0.15, 0.2) is 5.96 Å². The van der Waals surface area contributed by atoms with Crippen LogP contribution < -0.4 is 15.4 Å². The Morgan fingerprint density at radius 3 is 2.35 bits per heavy atom. The maximum absolute atomic E-state index is 12.2. The van der Waals surface area contributed by atoms with Crippen LogP contribution in [0.15, 0.2) is 59.6 Å². The van der Waals surface area contributed by atoms with Gasteiger partial charge < -0.3 is 15.4 Å². The van der Waals surface area contributed by atoms with Crippen molar-refractivity contribution < 1.29 is 17.9 Å². The third-order valence-corrected chi connectivity index (χ3v) is 3.26. The average Bonchev–Trinajstić information content (AvgIpc) is 2.58. The van der Waals surface area contributed by atoms with Crippen LogP contribution in [0.25, 0.3) is 0 Å². The summed E-state index contributed by atoms with van der Waals surface area (Å²) in [6.45, 7) is 0.192. The predicted octanol–water partition coefficient (Wildman–Crippen LogP) is 4.71. The molecule has 0 radical (unpaired) electrons. The number of aliphatic imine (C=N–C) groups is 1. The van der Waals surface area contributed by atoms with Crippen LogP contribution in [0.2, 0.25) is 0 Å². The zero-order chi connectivity index (χ0) is 18.1. The summed E-state index contributed by atoms with van der Waals surface area (Å²) in [4.78, 5) is 3.91. The molecule has 142 valence electrons. The first kappa shape index (κ1) is 22.1. The molecule has 2 aromatic carbocycles. The van der Waals surface area contributed by atoms with Crippen molar-refractivity contribution in [1.29, 1.82) is 0 Å². The number of para-hydroxylation sites is 1. The Labute approximate surface area is 167 Å². The van der Waals surface area contributed by atoms with Crippen LogP contribution in [0.4, 0.5) is 13.2 Å². The molecule has 4 nitrogen and oxygen atoms in total. The lowest BCUT2D eigenvalue weighted by Gasteiger charge is -2.13. The van der Waals surface area contributed by atoms with E-state index in [0.717, 1.165) is 11.3 Å². The van der Waals surface area contributed by atoms with E-state index in [-0.39, 0.29) is 30.5 Å². The molecule has 2 N–H and O–H groups in total. The molecular formula is C18H21F3IN3O. The molecule has 2 rings (SSSR count). The molecule has 0 heterocycles. The van der Waals surface area contributed by atoms with Crippen LogP contribution in [0.3, 0.4) is 0 Å². The van der Waals surface area contributed by atoms with Crippen LogP contribution in [0.5, 0.6) is 11.5 Å². The van der Waals surface area contributed by atoms with Gasteiger partial charge in [-0.05, 0) is 29.8 Å². The maximum atomic E-state index is 12.2. The minimum atomic E-state index is -4.19. The van der Waals surface area contributed by atoms with E-state index in [9.17, 15) is 13.2 Å². The van der Waals surface area contributed by atoms with E-state index in [1.807, 2.05) is 54.6 Å². The number of guanidine groups is 1. The molecule has 26 heavy (non-hydrogen) atoms. The van der Waals surface area contributed by atoms with Gasteiger partial charge in [0, 0.05) is 20.1 Å². The molecule has 0 aliphatic rings. The number of ether oxygens (including phenoxy) is 1. The Kier molecular flexibility index (Phi) is 9.25. The molecule has 0 atom stereocenters. The van der Waals surface area contributed by atoms with Gasteiger partial charge in [0.2, 0.25) is 0 Å². The van der Waals surface area contributed by atoms with Gasteiger partial charge in [-0.1, -0.05) is 30.3 Å². The summed E-state index contributed by atoms with van der Waals surface area (Å²) < 4.78 is 42.3. The molecule has 0 bridgehead atoms. The minimum Gasteiger partial charge on any atom is -0.457 e. The van der Waals surface area contributed by atoms with Gasteiger partial charge in [-0.3, -0.25) is 4.99 Å². The number of alkyl halides is 3. The van der Waals surface area contributed by atoms with E-state index in [4.69, 9.17) is 4.74 Å². The number of rotatable bonds is 6. The van der Waals surface area contributed by atoms with Gasteiger partial charge in [0.25, 0.3) is 0 Å². The second kappa shape index (κ2) is 10.9. The molecule has 0 aromatic heterocycles. The summed E-state index contributed by atoms with van der Waals surface area (Å²) in [6.07, 6.45) is -5.09. The molecule has 0 fully saturated rings. The van der Waals surface area contributed by atoms with E-state index < -0.39 is 12.6 Å². The fourth-order valence-electron chi connectivity index (χ4n) is 2.07. The Balaban J connectivity index is 0.00000338. The number of hydrogen-bond acceptors (Lipinski definition) is 2. The second-order valence-corrected chi connectivity index (χ2v) is 5.28.